The fourth-order valence-electron chi connectivity index (χ4n) is 3.11. The summed E-state index contributed by atoms with van der Waals surface area (Å²) < 4.78 is 0. The molecule has 1 fully saturated rings. The lowest BCUT2D eigenvalue weighted by Gasteiger charge is -2.35. The van der Waals surface area contributed by atoms with Gasteiger partial charge in [-0.15, -0.1) is 10.2 Å². The molecule has 3 heterocycles. The van der Waals surface area contributed by atoms with Crippen molar-refractivity contribution in [1.82, 2.24) is 20.1 Å². The number of piperazine rings is 1. The quantitative estimate of drug-likeness (QED) is 0.712. The van der Waals surface area contributed by atoms with E-state index < -0.39 is 0 Å². The lowest BCUT2D eigenvalue weighted by molar-refractivity contribution is 0.208. The van der Waals surface area contributed by atoms with Gasteiger partial charge in [-0.1, -0.05) is 23.8 Å². The van der Waals surface area contributed by atoms with E-state index in [0.29, 0.717) is 32.0 Å². The normalized spacial score (nSPS) is 13.8. The second-order valence-corrected chi connectivity index (χ2v) is 6.89. The predicted molar refractivity (Wildman–Crippen MR) is 114 cm³/mol. The van der Waals surface area contributed by atoms with Crippen LogP contribution in [-0.4, -0.2) is 52.3 Å². The first-order valence-electron chi connectivity index (χ1n) is 9.57. The molecule has 4 rings (SSSR count). The Hall–Kier alpha value is -3.68. The second-order valence-electron chi connectivity index (χ2n) is 6.89. The molecule has 148 valence electrons. The van der Waals surface area contributed by atoms with Crippen LogP contribution in [0.4, 0.5) is 27.9 Å². The van der Waals surface area contributed by atoms with Crippen molar-refractivity contribution in [2.75, 3.05) is 41.7 Å². The minimum Gasteiger partial charge on any atom is -0.352 e. The summed E-state index contributed by atoms with van der Waals surface area (Å²) in [4.78, 5) is 20.6. The van der Waals surface area contributed by atoms with Crippen molar-refractivity contribution < 1.29 is 4.79 Å². The van der Waals surface area contributed by atoms with Gasteiger partial charge in [0.2, 0.25) is 0 Å². The molecule has 2 amide bonds. The predicted octanol–water partition coefficient (Wildman–Crippen LogP) is 3.28. The highest BCUT2D eigenvalue weighted by atomic mass is 16.2. The Bertz CT molecular complexity index is 937. The molecule has 1 aliphatic rings. The van der Waals surface area contributed by atoms with E-state index in [1.165, 1.54) is 5.56 Å². The SMILES string of the molecule is Cc1ccc(NC(=O)N2CCN(c3ccc(Nc4ccccn4)nn3)CC2)cc1. The molecular weight excluding hydrogens is 366 g/mol. The van der Waals surface area contributed by atoms with E-state index in [9.17, 15) is 4.79 Å². The monoisotopic (exact) mass is 389 g/mol. The number of benzene rings is 1. The molecule has 0 bridgehead atoms. The van der Waals surface area contributed by atoms with Crippen molar-refractivity contribution in [2.24, 2.45) is 0 Å². The maximum atomic E-state index is 12.5. The van der Waals surface area contributed by atoms with Crippen molar-refractivity contribution >= 4 is 29.2 Å². The fraction of sp³-hybridized carbons (Fsp3) is 0.238. The standard InChI is InChI=1S/C21H23N7O/c1-16-5-7-17(8-6-16)23-21(29)28-14-12-27(13-15-28)20-10-9-19(25-26-20)24-18-4-2-3-11-22-18/h2-11H,12-15H2,1H3,(H,23,29)(H,22,24,25). The molecule has 3 aromatic rings. The van der Waals surface area contributed by atoms with Gasteiger partial charge in [-0.2, -0.15) is 0 Å². The summed E-state index contributed by atoms with van der Waals surface area (Å²) >= 11 is 0. The first kappa shape index (κ1) is 18.7. The van der Waals surface area contributed by atoms with Gasteiger partial charge in [-0.25, -0.2) is 9.78 Å². The summed E-state index contributed by atoms with van der Waals surface area (Å²) in [6, 6.07) is 17.2. The van der Waals surface area contributed by atoms with E-state index in [-0.39, 0.29) is 6.03 Å². The first-order chi connectivity index (χ1) is 14.2. The molecule has 0 spiro atoms. The minimum atomic E-state index is -0.0745. The van der Waals surface area contributed by atoms with Gasteiger partial charge in [0.15, 0.2) is 11.6 Å². The fourth-order valence-corrected chi connectivity index (χ4v) is 3.11. The lowest BCUT2D eigenvalue weighted by atomic mass is 10.2. The first-order valence-corrected chi connectivity index (χ1v) is 9.57. The smallest absolute Gasteiger partial charge is 0.321 e. The number of aromatic nitrogens is 3. The van der Waals surface area contributed by atoms with Gasteiger partial charge in [-0.05, 0) is 43.3 Å². The van der Waals surface area contributed by atoms with Gasteiger partial charge in [-0.3, -0.25) is 0 Å². The number of hydrogen-bond acceptors (Lipinski definition) is 6. The number of carbonyl (C=O) groups is 1. The Balaban J connectivity index is 1.30. The topological polar surface area (TPSA) is 86.3 Å². The molecule has 1 aliphatic heterocycles. The molecule has 2 aromatic heterocycles. The number of aryl methyl sites for hydroxylation is 1. The number of amides is 2. The maximum Gasteiger partial charge on any atom is 0.321 e. The molecular formula is C21H23N7O. The van der Waals surface area contributed by atoms with Crippen LogP contribution in [0.5, 0.6) is 0 Å². The van der Waals surface area contributed by atoms with Crippen molar-refractivity contribution in [3.05, 3.63) is 66.4 Å². The average molecular weight is 389 g/mol. The summed E-state index contributed by atoms with van der Waals surface area (Å²) in [5.41, 5.74) is 1.98. The van der Waals surface area contributed by atoms with E-state index in [2.05, 4.69) is 30.7 Å². The number of pyridine rings is 1. The highest BCUT2D eigenvalue weighted by molar-refractivity contribution is 5.89. The number of urea groups is 1. The van der Waals surface area contributed by atoms with Crippen LogP contribution in [0.2, 0.25) is 0 Å². The van der Waals surface area contributed by atoms with Crippen LogP contribution in [0.1, 0.15) is 5.56 Å². The summed E-state index contributed by atoms with van der Waals surface area (Å²) in [5, 5.41) is 14.6. The van der Waals surface area contributed by atoms with Crippen molar-refractivity contribution in [3.63, 3.8) is 0 Å². The molecule has 2 N–H and O–H groups in total. The number of nitrogens with one attached hydrogen (secondary N) is 2. The minimum absolute atomic E-state index is 0.0745. The second kappa shape index (κ2) is 8.55. The molecule has 8 heteroatoms. The lowest BCUT2D eigenvalue weighted by Crippen LogP contribution is -2.50. The third kappa shape index (κ3) is 4.78. The molecule has 0 aliphatic carbocycles. The van der Waals surface area contributed by atoms with Crippen LogP contribution >= 0.6 is 0 Å². The van der Waals surface area contributed by atoms with E-state index >= 15 is 0 Å². The number of anilines is 4. The maximum absolute atomic E-state index is 12.5. The van der Waals surface area contributed by atoms with E-state index in [1.54, 1.807) is 6.20 Å². The Morgan fingerprint density at radius 1 is 0.897 bits per heavy atom. The van der Waals surface area contributed by atoms with Crippen molar-refractivity contribution in [2.45, 2.75) is 6.92 Å². The highest BCUT2D eigenvalue weighted by Crippen LogP contribution is 2.17. The van der Waals surface area contributed by atoms with Crippen LogP contribution in [0, 0.1) is 6.92 Å². The van der Waals surface area contributed by atoms with Gasteiger partial charge in [0.25, 0.3) is 0 Å². The number of rotatable bonds is 4. The molecule has 0 radical (unpaired) electrons. The van der Waals surface area contributed by atoms with Crippen LogP contribution < -0.4 is 15.5 Å². The largest absolute Gasteiger partial charge is 0.352 e. The third-order valence-electron chi connectivity index (χ3n) is 4.77. The van der Waals surface area contributed by atoms with Crippen LogP contribution in [0.25, 0.3) is 0 Å². The summed E-state index contributed by atoms with van der Waals surface area (Å²) in [5.74, 6) is 2.17. The van der Waals surface area contributed by atoms with E-state index in [4.69, 9.17) is 0 Å². The summed E-state index contributed by atoms with van der Waals surface area (Å²) in [6.45, 7) is 4.71. The Morgan fingerprint density at radius 3 is 2.34 bits per heavy atom. The van der Waals surface area contributed by atoms with Crippen molar-refractivity contribution in [3.8, 4) is 0 Å². The molecule has 0 atom stereocenters. The van der Waals surface area contributed by atoms with E-state index in [1.807, 2.05) is 66.4 Å². The molecule has 0 unspecified atom stereocenters. The molecule has 0 saturated carbocycles. The van der Waals surface area contributed by atoms with Gasteiger partial charge in [0, 0.05) is 38.1 Å². The van der Waals surface area contributed by atoms with Crippen LogP contribution in [-0.2, 0) is 0 Å². The highest BCUT2D eigenvalue weighted by Gasteiger charge is 2.22. The summed E-state index contributed by atoms with van der Waals surface area (Å²) in [6.07, 6.45) is 1.72. The van der Waals surface area contributed by atoms with Crippen LogP contribution in [0.3, 0.4) is 0 Å². The number of nitrogens with zero attached hydrogens (tertiary/aromatic N) is 5. The van der Waals surface area contributed by atoms with Gasteiger partial charge in [0.1, 0.15) is 5.82 Å². The average Bonchev–Trinajstić information content (AvgIpc) is 2.77. The molecule has 8 nitrogen and oxygen atoms in total. The molecule has 1 aromatic carbocycles. The molecule has 29 heavy (non-hydrogen) atoms. The van der Waals surface area contributed by atoms with Gasteiger partial charge < -0.3 is 20.4 Å². The van der Waals surface area contributed by atoms with Crippen LogP contribution in [0.15, 0.2) is 60.8 Å². The van der Waals surface area contributed by atoms with Gasteiger partial charge >= 0.3 is 6.03 Å². The molecule has 1 saturated heterocycles. The summed E-state index contributed by atoms with van der Waals surface area (Å²) in [7, 11) is 0. The zero-order valence-corrected chi connectivity index (χ0v) is 16.2. The Kier molecular flexibility index (Phi) is 5.51. The Morgan fingerprint density at radius 2 is 1.69 bits per heavy atom. The van der Waals surface area contributed by atoms with Gasteiger partial charge in [0.05, 0.1) is 0 Å². The van der Waals surface area contributed by atoms with E-state index in [0.717, 1.165) is 17.3 Å². The third-order valence-corrected chi connectivity index (χ3v) is 4.77. The van der Waals surface area contributed by atoms with Crippen molar-refractivity contribution in [1.29, 1.82) is 0 Å². The number of carbonyl (C=O) groups excluding carboxylic acids is 1. The zero-order chi connectivity index (χ0) is 20.1. The Labute approximate surface area is 169 Å². The number of hydrogen-bond donors (Lipinski definition) is 2. The zero-order valence-electron chi connectivity index (χ0n) is 16.2.